The summed E-state index contributed by atoms with van der Waals surface area (Å²) in [5.74, 6) is 0.367. The van der Waals surface area contributed by atoms with Crippen LogP contribution in [0, 0.1) is 0 Å². The standard InChI is InChI=1S/C30H23Cl3N2O5/c31-23-5-2-6-24(32)27(23)28-22(29(40-34-28)16-7-8-16)15-39-20-9-10-21(25(33)13-20)18-12-26(36)35(14-18)19-4-1-3-17(11-19)30(37)38/h1-6,9-11,13,16,18H,7-8,12,14-15H2,(H,37,38). The molecule has 10 heteroatoms. The normalized spacial score (nSPS) is 16.9. The van der Waals surface area contributed by atoms with Gasteiger partial charge in [0.1, 0.15) is 23.8 Å². The van der Waals surface area contributed by atoms with E-state index in [0.29, 0.717) is 50.2 Å². The number of hydrogen-bond donors (Lipinski definition) is 1. The Balaban J connectivity index is 1.20. The molecule has 3 aromatic carbocycles. The van der Waals surface area contributed by atoms with Crippen molar-refractivity contribution in [2.24, 2.45) is 0 Å². The number of rotatable bonds is 8. The Hall–Kier alpha value is -3.52. The van der Waals surface area contributed by atoms with Gasteiger partial charge in [-0.05, 0) is 60.9 Å². The van der Waals surface area contributed by atoms with Gasteiger partial charge in [0.15, 0.2) is 0 Å². The van der Waals surface area contributed by atoms with Crippen molar-refractivity contribution < 1.29 is 24.0 Å². The number of carbonyl (C=O) groups is 2. The molecule has 0 spiro atoms. The van der Waals surface area contributed by atoms with Gasteiger partial charge >= 0.3 is 5.97 Å². The molecule has 1 saturated heterocycles. The predicted molar refractivity (Wildman–Crippen MR) is 153 cm³/mol. The highest BCUT2D eigenvalue weighted by Gasteiger charge is 2.35. The first-order valence-electron chi connectivity index (χ1n) is 12.8. The summed E-state index contributed by atoms with van der Waals surface area (Å²) in [4.78, 5) is 25.8. The molecule has 1 aromatic heterocycles. The van der Waals surface area contributed by atoms with Crippen molar-refractivity contribution in [3.63, 3.8) is 0 Å². The molecule has 2 fully saturated rings. The van der Waals surface area contributed by atoms with Gasteiger partial charge in [0.25, 0.3) is 0 Å². The average molecular weight is 598 g/mol. The highest BCUT2D eigenvalue weighted by Crippen LogP contribution is 2.46. The Kier molecular flexibility index (Phi) is 7.21. The first kappa shape index (κ1) is 26.7. The lowest BCUT2D eigenvalue weighted by atomic mass is 9.98. The second-order valence-electron chi connectivity index (χ2n) is 9.98. The van der Waals surface area contributed by atoms with E-state index in [0.717, 1.165) is 29.7 Å². The van der Waals surface area contributed by atoms with Crippen LogP contribution >= 0.6 is 34.8 Å². The summed E-state index contributed by atoms with van der Waals surface area (Å²) in [6.45, 7) is 0.590. The van der Waals surface area contributed by atoms with E-state index in [2.05, 4.69) is 5.16 Å². The first-order valence-corrected chi connectivity index (χ1v) is 13.9. The summed E-state index contributed by atoms with van der Waals surface area (Å²) in [6.07, 6.45) is 2.32. The van der Waals surface area contributed by atoms with E-state index < -0.39 is 5.97 Å². The number of amides is 1. The monoisotopic (exact) mass is 596 g/mol. The van der Waals surface area contributed by atoms with Crippen LogP contribution in [0.25, 0.3) is 11.3 Å². The molecule has 7 nitrogen and oxygen atoms in total. The van der Waals surface area contributed by atoms with Crippen LogP contribution in [0.3, 0.4) is 0 Å². The summed E-state index contributed by atoms with van der Waals surface area (Å²) < 4.78 is 11.9. The number of aromatic carboxylic acids is 1. The highest BCUT2D eigenvalue weighted by atomic mass is 35.5. The fourth-order valence-electron chi connectivity index (χ4n) is 5.10. The predicted octanol–water partition coefficient (Wildman–Crippen LogP) is 7.98. The van der Waals surface area contributed by atoms with Crippen molar-refractivity contribution >= 4 is 52.4 Å². The smallest absolute Gasteiger partial charge is 0.335 e. The molecule has 204 valence electrons. The number of carboxylic acids is 1. The molecular weight excluding hydrogens is 575 g/mol. The Bertz CT molecular complexity index is 1610. The van der Waals surface area contributed by atoms with E-state index in [-0.39, 0.29) is 30.4 Å². The number of nitrogens with zero attached hydrogens (tertiary/aromatic N) is 2. The van der Waals surface area contributed by atoms with Crippen LogP contribution in [-0.2, 0) is 11.4 Å². The summed E-state index contributed by atoms with van der Waals surface area (Å²) in [7, 11) is 0. The summed E-state index contributed by atoms with van der Waals surface area (Å²) in [5.41, 5.74) is 3.49. The largest absolute Gasteiger partial charge is 0.489 e. The number of carbonyl (C=O) groups excluding carboxylic acids is 1. The fraction of sp³-hybridized carbons (Fsp3) is 0.233. The van der Waals surface area contributed by atoms with E-state index in [1.807, 2.05) is 12.1 Å². The van der Waals surface area contributed by atoms with E-state index in [9.17, 15) is 14.7 Å². The molecule has 1 aliphatic carbocycles. The Labute approximate surface area is 245 Å². The van der Waals surface area contributed by atoms with Crippen molar-refractivity contribution in [2.75, 3.05) is 11.4 Å². The lowest BCUT2D eigenvalue weighted by Gasteiger charge is -2.18. The molecule has 0 bridgehead atoms. The average Bonchev–Trinajstić information content (AvgIpc) is 3.58. The Morgan fingerprint density at radius 1 is 1.00 bits per heavy atom. The minimum absolute atomic E-state index is 0.0882. The molecular formula is C30H23Cl3N2O5. The van der Waals surface area contributed by atoms with Crippen molar-refractivity contribution in [1.82, 2.24) is 5.16 Å². The van der Waals surface area contributed by atoms with Crippen LogP contribution in [0.4, 0.5) is 5.69 Å². The quantitative estimate of drug-likeness (QED) is 0.221. The molecule has 6 rings (SSSR count). The van der Waals surface area contributed by atoms with Crippen molar-refractivity contribution in [3.05, 3.63) is 98.2 Å². The zero-order valence-corrected chi connectivity index (χ0v) is 23.3. The number of anilines is 1. The van der Waals surface area contributed by atoms with Crippen molar-refractivity contribution in [3.8, 4) is 17.0 Å². The van der Waals surface area contributed by atoms with Gasteiger partial charge in [0.05, 0.1) is 21.2 Å². The number of benzene rings is 3. The molecule has 40 heavy (non-hydrogen) atoms. The van der Waals surface area contributed by atoms with Crippen LogP contribution in [0.2, 0.25) is 15.1 Å². The Morgan fingerprint density at radius 3 is 2.45 bits per heavy atom. The van der Waals surface area contributed by atoms with Gasteiger partial charge in [0, 0.05) is 41.1 Å². The van der Waals surface area contributed by atoms with Gasteiger partial charge in [-0.3, -0.25) is 4.79 Å². The van der Waals surface area contributed by atoms with E-state index >= 15 is 0 Å². The van der Waals surface area contributed by atoms with Crippen LogP contribution in [0.1, 0.15) is 58.3 Å². The minimum Gasteiger partial charge on any atom is -0.489 e. The van der Waals surface area contributed by atoms with Gasteiger partial charge < -0.3 is 19.3 Å². The maximum absolute atomic E-state index is 12.8. The third kappa shape index (κ3) is 5.17. The summed E-state index contributed by atoms with van der Waals surface area (Å²) >= 11 is 19.6. The maximum Gasteiger partial charge on any atom is 0.335 e. The molecule has 1 aliphatic heterocycles. The van der Waals surface area contributed by atoms with Gasteiger partial charge in [-0.1, -0.05) is 58.2 Å². The van der Waals surface area contributed by atoms with Crippen LogP contribution < -0.4 is 9.64 Å². The molecule has 1 atom stereocenters. The second-order valence-corrected chi connectivity index (χ2v) is 11.2. The van der Waals surface area contributed by atoms with Gasteiger partial charge in [0.2, 0.25) is 5.91 Å². The second kappa shape index (κ2) is 10.8. The van der Waals surface area contributed by atoms with Crippen molar-refractivity contribution in [2.45, 2.75) is 37.7 Å². The third-order valence-corrected chi connectivity index (χ3v) is 8.25. The van der Waals surface area contributed by atoms with E-state index in [4.69, 9.17) is 44.1 Å². The zero-order valence-electron chi connectivity index (χ0n) is 21.1. The lowest BCUT2D eigenvalue weighted by molar-refractivity contribution is -0.117. The first-order chi connectivity index (χ1) is 19.3. The summed E-state index contributed by atoms with van der Waals surface area (Å²) in [6, 6.07) is 17.1. The molecule has 1 amide bonds. The third-order valence-electron chi connectivity index (χ3n) is 7.29. The highest BCUT2D eigenvalue weighted by molar-refractivity contribution is 6.39. The van der Waals surface area contributed by atoms with Crippen molar-refractivity contribution in [1.29, 1.82) is 0 Å². The molecule has 1 N–H and O–H groups in total. The molecule has 2 aliphatic rings. The molecule has 1 saturated carbocycles. The Morgan fingerprint density at radius 2 is 1.75 bits per heavy atom. The number of carboxylic acid groups (broad SMARTS) is 1. The maximum atomic E-state index is 12.8. The van der Waals surface area contributed by atoms with Crippen LogP contribution in [0.5, 0.6) is 5.75 Å². The summed E-state index contributed by atoms with van der Waals surface area (Å²) in [5, 5.41) is 15.0. The van der Waals surface area contributed by atoms with Gasteiger partial charge in [-0.15, -0.1) is 0 Å². The lowest BCUT2D eigenvalue weighted by Crippen LogP contribution is -2.24. The molecule has 4 aromatic rings. The molecule has 0 radical (unpaired) electrons. The minimum atomic E-state index is -1.04. The number of aromatic nitrogens is 1. The zero-order chi connectivity index (χ0) is 28.0. The van der Waals surface area contributed by atoms with E-state index in [1.165, 1.54) is 12.1 Å². The van der Waals surface area contributed by atoms with Gasteiger partial charge in [-0.2, -0.15) is 0 Å². The number of halogens is 3. The van der Waals surface area contributed by atoms with Crippen LogP contribution in [0.15, 0.2) is 65.2 Å². The number of ether oxygens (including phenoxy) is 1. The van der Waals surface area contributed by atoms with Crippen LogP contribution in [-0.4, -0.2) is 28.7 Å². The topological polar surface area (TPSA) is 92.9 Å². The SMILES string of the molecule is O=C(O)c1cccc(N2CC(c3ccc(OCc4c(-c5c(Cl)cccc5Cl)noc4C4CC4)cc3Cl)CC2=O)c1. The molecule has 1 unspecified atom stereocenters. The fourth-order valence-corrected chi connectivity index (χ4v) is 6.01. The molecule has 2 heterocycles. The van der Waals surface area contributed by atoms with E-state index in [1.54, 1.807) is 41.3 Å². The number of hydrogen-bond acceptors (Lipinski definition) is 5. The van der Waals surface area contributed by atoms with Gasteiger partial charge in [-0.25, -0.2) is 4.79 Å².